The van der Waals surface area contributed by atoms with Crippen LogP contribution in [0, 0.1) is 30.2 Å². The molecule has 0 bridgehead atoms. The van der Waals surface area contributed by atoms with Crippen molar-refractivity contribution in [3.05, 3.63) is 162 Å². The molecule has 0 N–H and O–H groups in total. The van der Waals surface area contributed by atoms with Crippen molar-refractivity contribution in [1.82, 2.24) is 0 Å². The van der Waals surface area contributed by atoms with Crippen LogP contribution in [0.1, 0.15) is 5.56 Å². The van der Waals surface area contributed by atoms with Crippen LogP contribution >= 0.6 is 0 Å². The normalized spacial score (nSPS) is 13.4. The van der Waals surface area contributed by atoms with Crippen molar-refractivity contribution in [2.75, 3.05) is 4.90 Å². The second kappa shape index (κ2) is 10.4. The Morgan fingerprint density at radius 1 is 0.442 bits per heavy atom. The molecule has 0 aromatic heterocycles. The molecule has 7 rings (SSSR count). The summed E-state index contributed by atoms with van der Waals surface area (Å²) in [7, 11) is -2.90. The number of para-hydroxylation sites is 3. The number of rotatable bonds is 4. The number of halogens is 4. The molecule has 43 heavy (non-hydrogen) atoms. The molecule has 1 aliphatic heterocycles. The summed E-state index contributed by atoms with van der Waals surface area (Å²) >= 11 is 0. The SMILES string of the molecule is Cc1c(F)c(F)c(-c2ccccc2N2c3ccccc3[Si](c3ccccc3)(c3ccccc3)c3ccccc32)c(F)c1F. The molecule has 0 unspecified atom stereocenters. The van der Waals surface area contributed by atoms with Crippen LogP contribution in [0.2, 0.25) is 0 Å². The van der Waals surface area contributed by atoms with E-state index >= 15 is 8.78 Å². The van der Waals surface area contributed by atoms with E-state index in [0.29, 0.717) is 5.69 Å². The third-order valence-electron chi connectivity index (χ3n) is 8.41. The van der Waals surface area contributed by atoms with Crippen LogP contribution < -0.4 is 25.6 Å². The van der Waals surface area contributed by atoms with Crippen LogP contribution in [0.3, 0.4) is 0 Å². The minimum Gasteiger partial charge on any atom is -0.310 e. The van der Waals surface area contributed by atoms with E-state index in [2.05, 4.69) is 36.4 Å². The van der Waals surface area contributed by atoms with Crippen molar-refractivity contribution in [2.24, 2.45) is 0 Å². The number of hydrogen-bond acceptors (Lipinski definition) is 1. The van der Waals surface area contributed by atoms with Gasteiger partial charge in [0.15, 0.2) is 31.3 Å². The van der Waals surface area contributed by atoms with Crippen LogP contribution in [0.4, 0.5) is 34.6 Å². The highest BCUT2D eigenvalue weighted by atomic mass is 28.3. The second-order valence-electron chi connectivity index (χ2n) is 10.6. The Morgan fingerprint density at radius 3 is 1.33 bits per heavy atom. The highest BCUT2D eigenvalue weighted by molar-refractivity contribution is 7.21. The van der Waals surface area contributed by atoms with Gasteiger partial charge in [0.1, 0.15) is 0 Å². The van der Waals surface area contributed by atoms with Gasteiger partial charge in [-0.1, -0.05) is 115 Å². The van der Waals surface area contributed by atoms with Crippen LogP contribution in [-0.2, 0) is 0 Å². The van der Waals surface area contributed by atoms with Crippen LogP contribution in [0.25, 0.3) is 11.1 Å². The lowest BCUT2D eigenvalue weighted by Crippen LogP contribution is -2.77. The molecule has 6 heteroatoms. The smallest absolute Gasteiger partial charge is 0.184 e. The molecular weight excluding hydrogens is 562 g/mol. The first-order chi connectivity index (χ1) is 21.0. The Balaban J connectivity index is 1.59. The van der Waals surface area contributed by atoms with Crippen molar-refractivity contribution in [3.63, 3.8) is 0 Å². The largest absolute Gasteiger partial charge is 0.310 e. The second-order valence-corrected chi connectivity index (χ2v) is 14.4. The van der Waals surface area contributed by atoms with Crippen molar-refractivity contribution in [3.8, 4) is 11.1 Å². The lowest BCUT2D eigenvalue weighted by Gasteiger charge is -2.45. The fraction of sp³-hybridized carbons (Fsp3) is 0.0270. The van der Waals surface area contributed by atoms with Crippen molar-refractivity contribution < 1.29 is 17.6 Å². The first kappa shape index (κ1) is 26.9. The molecule has 0 saturated carbocycles. The number of hydrogen-bond donors (Lipinski definition) is 0. The average Bonchev–Trinajstić information content (AvgIpc) is 3.06. The van der Waals surface area contributed by atoms with Crippen molar-refractivity contribution in [1.29, 1.82) is 0 Å². The van der Waals surface area contributed by atoms with Gasteiger partial charge in [-0.3, -0.25) is 0 Å². The Morgan fingerprint density at radius 2 is 0.837 bits per heavy atom. The molecular formula is C37H25F4NSi. The van der Waals surface area contributed by atoms with E-state index in [1.54, 1.807) is 18.2 Å². The molecule has 6 aromatic carbocycles. The van der Waals surface area contributed by atoms with Crippen LogP contribution in [0.15, 0.2) is 133 Å². The van der Waals surface area contributed by atoms with Gasteiger partial charge in [-0.2, -0.15) is 0 Å². The average molecular weight is 588 g/mol. The first-order valence-corrected chi connectivity index (χ1v) is 16.0. The van der Waals surface area contributed by atoms with Crippen LogP contribution in [0.5, 0.6) is 0 Å². The Kier molecular flexibility index (Phi) is 6.51. The third kappa shape index (κ3) is 3.90. The number of benzene rings is 6. The molecule has 210 valence electrons. The van der Waals surface area contributed by atoms with E-state index in [9.17, 15) is 8.78 Å². The summed E-state index contributed by atoms with van der Waals surface area (Å²) in [5.74, 6) is -5.63. The molecule has 0 saturated heterocycles. The van der Waals surface area contributed by atoms with Gasteiger partial charge in [0.2, 0.25) is 0 Å². The van der Waals surface area contributed by atoms with E-state index in [0.717, 1.165) is 28.7 Å². The standard InChI is InChI=1S/C37H25F4NSi/c1-24-34(38)36(40)33(37(41)35(24)39)27-18-8-9-19-28(27)42-29-20-10-12-22-31(29)43(25-14-4-2-5-15-25,26-16-6-3-7-17-26)32-23-13-11-21-30(32)42/h2-23H,1H3. The maximum absolute atomic E-state index is 15.5. The highest BCUT2D eigenvalue weighted by Gasteiger charge is 2.48. The number of anilines is 3. The van der Waals surface area contributed by atoms with Gasteiger partial charge in [-0.15, -0.1) is 0 Å². The van der Waals surface area contributed by atoms with E-state index in [1.165, 1.54) is 16.4 Å². The Bertz CT molecular complexity index is 1870. The zero-order valence-corrected chi connectivity index (χ0v) is 24.2. The maximum atomic E-state index is 15.5. The van der Waals surface area contributed by atoms with E-state index in [-0.39, 0.29) is 5.56 Å². The van der Waals surface area contributed by atoms with Gasteiger partial charge in [-0.25, -0.2) is 17.6 Å². The topological polar surface area (TPSA) is 3.24 Å². The minimum atomic E-state index is -2.90. The lowest BCUT2D eigenvalue weighted by atomic mass is 9.98. The fourth-order valence-electron chi connectivity index (χ4n) is 6.53. The molecule has 1 nitrogen and oxygen atoms in total. The Hall–Kier alpha value is -4.94. The van der Waals surface area contributed by atoms with Gasteiger partial charge >= 0.3 is 0 Å². The summed E-state index contributed by atoms with van der Waals surface area (Å²) in [6.45, 7) is 1.03. The predicted molar refractivity (Wildman–Crippen MR) is 168 cm³/mol. The molecule has 0 spiro atoms. The summed E-state index contributed by atoms with van der Waals surface area (Å²) in [4.78, 5) is 1.96. The molecule has 1 aliphatic rings. The zero-order chi connectivity index (χ0) is 29.7. The third-order valence-corrected chi connectivity index (χ3v) is 13.3. The molecule has 0 aliphatic carbocycles. The maximum Gasteiger partial charge on any atom is 0.184 e. The van der Waals surface area contributed by atoms with Gasteiger partial charge in [0.05, 0.1) is 11.3 Å². The van der Waals surface area contributed by atoms with E-state index in [4.69, 9.17) is 0 Å². The monoisotopic (exact) mass is 587 g/mol. The summed E-state index contributed by atoms with van der Waals surface area (Å²) in [6.07, 6.45) is 0. The molecule has 6 aromatic rings. The minimum absolute atomic E-state index is 0.0495. The van der Waals surface area contributed by atoms with Gasteiger partial charge in [0.25, 0.3) is 0 Å². The highest BCUT2D eigenvalue weighted by Crippen LogP contribution is 2.44. The molecule has 0 amide bonds. The quantitative estimate of drug-likeness (QED) is 0.118. The Labute approximate surface area is 248 Å². The zero-order valence-electron chi connectivity index (χ0n) is 23.2. The first-order valence-electron chi connectivity index (χ1n) is 14.0. The molecule has 1 heterocycles. The van der Waals surface area contributed by atoms with Gasteiger partial charge in [-0.05, 0) is 45.9 Å². The van der Waals surface area contributed by atoms with E-state index in [1.807, 2.05) is 77.7 Å². The molecule has 0 fully saturated rings. The summed E-state index contributed by atoms with van der Waals surface area (Å²) in [6, 6.07) is 43.6. The molecule has 0 radical (unpaired) electrons. The summed E-state index contributed by atoms with van der Waals surface area (Å²) < 4.78 is 60.7. The van der Waals surface area contributed by atoms with E-state index < -0.39 is 42.5 Å². The summed E-state index contributed by atoms with van der Waals surface area (Å²) in [5.41, 5.74) is 0.710. The lowest BCUT2D eigenvalue weighted by molar-refractivity contribution is 0.449. The van der Waals surface area contributed by atoms with Gasteiger partial charge < -0.3 is 4.90 Å². The predicted octanol–water partition coefficient (Wildman–Crippen LogP) is 7.38. The van der Waals surface area contributed by atoms with Gasteiger partial charge in [0, 0.05) is 22.5 Å². The van der Waals surface area contributed by atoms with Crippen molar-refractivity contribution >= 4 is 45.9 Å². The number of nitrogens with zero attached hydrogens (tertiary/aromatic N) is 1. The van der Waals surface area contributed by atoms with Crippen LogP contribution in [-0.4, -0.2) is 8.07 Å². The molecule has 0 atom stereocenters. The number of fused-ring (bicyclic) bond motifs is 2. The van der Waals surface area contributed by atoms with Crippen molar-refractivity contribution in [2.45, 2.75) is 6.92 Å². The summed E-state index contributed by atoms with van der Waals surface area (Å²) in [5, 5.41) is 4.55. The fourth-order valence-corrected chi connectivity index (χ4v) is 11.6.